The summed E-state index contributed by atoms with van der Waals surface area (Å²) < 4.78 is 5.55. The molecule has 0 radical (unpaired) electrons. The van der Waals surface area contributed by atoms with E-state index in [4.69, 9.17) is 9.84 Å². The molecule has 2 unspecified atom stereocenters. The Hall–Kier alpha value is -3.72. The summed E-state index contributed by atoms with van der Waals surface area (Å²) in [5.74, 6) is -1.23. The van der Waals surface area contributed by atoms with Crippen molar-refractivity contribution in [3.05, 3.63) is 70.7 Å². The second-order valence-corrected chi connectivity index (χ2v) is 9.94. The van der Waals surface area contributed by atoms with Gasteiger partial charge in [-0.25, -0.2) is 9.78 Å². The van der Waals surface area contributed by atoms with Crippen LogP contribution in [0.3, 0.4) is 0 Å². The van der Waals surface area contributed by atoms with Crippen LogP contribution >= 0.6 is 11.3 Å². The van der Waals surface area contributed by atoms with Gasteiger partial charge in [-0.3, -0.25) is 14.9 Å². The first-order chi connectivity index (χ1) is 17.0. The maximum absolute atomic E-state index is 12.4. The van der Waals surface area contributed by atoms with Gasteiger partial charge in [-0.05, 0) is 41.0 Å². The molecule has 2 aliphatic carbocycles. The molecule has 1 saturated carbocycles. The molecule has 35 heavy (non-hydrogen) atoms. The molecule has 2 aromatic carbocycles. The summed E-state index contributed by atoms with van der Waals surface area (Å²) >= 11 is 1.30. The van der Waals surface area contributed by atoms with Crippen LogP contribution in [0.1, 0.15) is 34.8 Å². The van der Waals surface area contributed by atoms with E-state index in [2.05, 4.69) is 39.9 Å². The summed E-state index contributed by atoms with van der Waals surface area (Å²) in [6.07, 6.45) is 2.45. The first-order valence-electron chi connectivity index (χ1n) is 11.6. The number of thiazole rings is 1. The van der Waals surface area contributed by atoms with Crippen molar-refractivity contribution < 1.29 is 24.2 Å². The van der Waals surface area contributed by atoms with E-state index in [9.17, 15) is 14.4 Å². The molecule has 2 atom stereocenters. The van der Waals surface area contributed by atoms with Crippen molar-refractivity contribution in [2.75, 3.05) is 18.5 Å². The van der Waals surface area contributed by atoms with Crippen LogP contribution in [0.4, 0.5) is 9.93 Å². The Labute approximate surface area is 206 Å². The molecule has 2 amide bonds. The molecule has 8 nitrogen and oxygen atoms in total. The fourth-order valence-electron chi connectivity index (χ4n) is 4.55. The van der Waals surface area contributed by atoms with Crippen LogP contribution in [0.5, 0.6) is 0 Å². The topological polar surface area (TPSA) is 118 Å². The number of ether oxygens (including phenoxy) is 1. The molecule has 0 bridgehead atoms. The number of hydrogen-bond acceptors (Lipinski definition) is 6. The lowest BCUT2D eigenvalue weighted by atomic mass is 9.98. The molecule has 2 aliphatic rings. The lowest BCUT2D eigenvalue weighted by Crippen LogP contribution is -2.26. The third kappa shape index (κ3) is 5.19. The van der Waals surface area contributed by atoms with Crippen molar-refractivity contribution >= 4 is 34.4 Å². The molecule has 0 aliphatic heterocycles. The van der Waals surface area contributed by atoms with E-state index in [-0.39, 0.29) is 36.7 Å². The number of aryl methyl sites for hydroxylation is 1. The van der Waals surface area contributed by atoms with Crippen LogP contribution in [-0.2, 0) is 20.7 Å². The van der Waals surface area contributed by atoms with Crippen LogP contribution in [0.2, 0.25) is 0 Å². The number of amides is 2. The summed E-state index contributed by atoms with van der Waals surface area (Å²) in [4.78, 5) is 40.4. The molecule has 9 heteroatoms. The highest BCUT2D eigenvalue weighted by molar-refractivity contribution is 7.15. The van der Waals surface area contributed by atoms with Crippen molar-refractivity contribution in [2.45, 2.75) is 25.2 Å². The number of aromatic nitrogens is 1. The van der Waals surface area contributed by atoms with Crippen molar-refractivity contribution in [3.8, 4) is 11.1 Å². The van der Waals surface area contributed by atoms with E-state index in [0.29, 0.717) is 24.5 Å². The molecule has 1 heterocycles. The van der Waals surface area contributed by atoms with Crippen LogP contribution < -0.4 is 10.6 Å². The Morgan fingerprint density at radius 2 is 1.74 bits per heavy atom. The minimum Gasteiger partial charge on any atom is -0.481 e. The van der Waals surface area contributed by atoms with E-state index >= 15 is 0 Å². The molecule has 0 saturated heterocycles. The lowest BCUT2D eigenvalue weighted by Gasteiger charge is -2.14. The minimum atomic E-state index is -0.801. The Morgan fingerprint density at radius 3 is 2.40 bits per heavy atom. The number of benzene rings is 2. The van der Waals surface area contributed by atoms with Gasteiger partial charge in [0.25, 0.3) is 0 Å². The zero-order valence-electron chi connectivity index (χ0n) is 18.9. The molecule has 3 aromatic rings. The van der Waals surface area contributed by atoms with Gasteiger partial charge in [-0.1, -0.05) is 48.5 Å². The molecule has 3 N–H and O–H groups in total. The second kappa shape index (κ2) is 9.87. The van der Waals surface area contributed by atoms with Gasteiger partial charge in [-0.15, -0.1) is 11.3 Å². The largest absolute Gasteiger partial charge is 0.481 e. The van der Waals surface area contributed by atoms with Crippen LogP contribution in [0.25, 0.3) is 11.1 Å². The number of rotatable bonds is 9. The zero-order valence-corrected chi connectivity index (χ0v) is 19.7. The molecular weight excluding hydrogens is 466 g/mol. The molecule has 1 fully saturated rings. The van der Waals surface area contributed by atoms with Gasteiger partial charge in [0.1, 0.15) is 6.61 Å². The number of nitrogens with one attached hydrogen (secondary N) is 2. The summed E-state index contributed by atoms with van der Waals surface area (Å²) in [6.45, 7) is 0.620. The number of carbonyl (C=O) groups excluding carboxylic acids is 2. The average Bonchev–Trinajstić information content (AvgIpc) is 3.41. The van der Waals surface area contributed by atoms with Gasteiger partial charge < -0.3 is 15.2 Å². The van der Waals surface area contributed by atoms with Crippen LogP contribution in [0.15, 0.2) is 54.7 Å². The van der Waals surface area contributed by atoms with Crippen molar-refractivity contribution in [2.24, 2.45) is 11.8 Å². The smallest absolute Gasteiger partial charge is 0.413 e. The summed E-state index contributed by atoms with van der Waals surface area (Å²) in [7, 11) is 0. The first kappa shape index (κ1) is 23.0. The molecular formula is C26H25N3O5S. The molecule has 0 spiro atoms. The van der Waals surface area contributed by atoms with Gasteiger partial charge in [0, 0.05) is 30.0 Å². The Kier molecular flexibility index (Phi) is 6.50. The van der Waals surface area contributed by atoms with E-state index < -0.39 is 12.1 Å². The number of carboxylic acid groups (broad SMARTS) is 1. The SMILES string of the molecule is O=C(CCc1cnc(NC(=O)OCC2c3ccccc3-c3ccccc32)s1)NCC1CC1C(=O)O. The normalized spacial score (nSPS) is 17.8. The predicted molar refractivity (Wildman–Crippen MR) is 131 cm³/mol. The molecule has 1 aromatic heterocycles. The number of carbonyl (C=O) groups is 3. The molecule has 5 rings (SSSR count). The maximum Gasteiger partial charge on any atom is 0.413 e. The fraction of sp³-hybridized carbons (Fsp3) is 0.308. The van der Waals surface area contributed by atoms with Crippen molar-refractivity contribution in [3.63, 3.8) is 0 Å². The Bertz CT molecular complexity index is 1230. The van der Waals surface area contributed by atoms with Crippen LogP contribution in [0, 0.1) is 11.8 Å². The van der Waals surface area contributed by atoms with Crippen LogP contribution in [-0.4, -0.2) is 41.2 Å². The van der Waals surface area contributed by atoms with E-state index in [1.807, 2.05) is 24.3 Å². The minimum absolute atomic E-state index is 0.0139. The Morgan fingerprint density at radius 1 is 1.06 bits per heavy atom. The third-order valence-corrected chi connectivity index (χ3v) is 7.48. The monoisotopic (exact) mass is 491 g/mol. The highest BCUT2D eigenvalue weighted by Crippen LogP contribution is 2.44. The van der Waals surface area contributed by atoms with E-state index in [0.717, 1.165) is 16.0 Å². The standard InChI is InChI=1S/C26H25N3O5S/c30-23(27-12-15-11-21(15)24(31)32)10-9-16-13-28-25(35-16)29-26(33)34-14-22-19-7-3-1-5-17(19)18-6-2-4-8-20(18)22/h1-8,13,15,21-22H,9-12,14H2,(H,27,30)(H,31,32)(H,28,29,33). The number of hydrogen-bond donors (Lipinski definition) is 3. The average molecular weight is 492 g/mol. The maximum atomic E-state index is 12.4. The third-order valence-electron chi connectivity index (χ3n) is 6.51. The first-order valence-corrected chi connectivity index (χ1v) is 12.4. The quantitative estimate of drug-likeness (QED) is 0.411. The van der Waals surface area contributed by atoms with Gasteiger partial charge in [0.2, 0.25) is 5.91 Å². The fourth-order valence-corrected chi connectivity index (χ4v) is 5.35. The van der Waals surface area contributed by atoms with Gasteiger partial charge >= 0.3 is 12.1 Å². The highest BCUT2D eigenvalue weighted by Gasteiger charge is 2.42. The van der Waals surface area contributed by atoms with Gasteiger partial charge in [0.05, 0.1) is 5.92 Å². The number of anilines is 1. The second-order valence-electron chi connectivity index (χ2n) is 8.83. The van der Waals surface area contributed by atoms with E-state index in [1.165, 1.54) is 22.5 Å². The van der Waals surface area contributed by atoms with Gasteiger partial charge in [-0.2, -0.15) is 0 Å². The lowest BCUT2D eigenvalue weighted by molar-refractivity contribution is -0.139. The number of aliphatic carboxylic acids is 1. The molecule has 180 valence electrons. The number of carboxylic acids is 1. The van der Waals surface area contributed by atoms with Crippen molar-refractivity contribution in [1.29, 1.82) is 0 Å². The number of fused-ring (bicyclic) bond motifs is 3. The van der Waals surface area contributed by atoms with Gasteiger partial charge in [0.15, 0.2) is 5.13 Å². The van der Waals surface area contributed by atoms with Crippen molar-refractivity contribution in [1.82, 2.24) is 10.3 Å². The predicted octanol–water partition coefficient (Wildman–Crippen LogP) is 4.27. The highest BCUT2D eigenvalue weighted by atomic mass is 32.1. The van der Waals surface area contributed by atoms with E-state index in [1.54, 1.807) is 6.20 Å². The summed E-state index contributed by atoms with van der Waals surface area (Å²) in [5.41, 5.74) is 4.64. The zero-order chi connectivity index (χ0) is 24.4. The number of nitrogens with zero attached hydrogens (tertiary/aromatic N) is 1. The Balaban J connectivity index is 1.08. The summed E-state index contributed by atoms with van der Waals surface area (Å²) in [6, 6.07) is 16.3. The summed E-state index contributed by atoms with van der Waals surface area (Å²) in [5, 5.41) is 14.8.